The van der Waals surface area contributed by atoms with Crippen LogP contribution in [0.4, 0.5) is 0 Å². The highest BCUT2D eigenvalue weighted by atomic mass is 32.2. The van der Waals surface area contributed by atoms with Gasteiger partial charge >= 0.3 is 6.15 Å². The molecule has 2 aromatic rings. The molecule has 31 heavy (non-hydrogen) atoms. The van der Waals surface area contributed by atoms with Gasteiger partial charge in [-0.05, 0) is 45.2 Å². The van der Waals surface area contributed by atoms with Crippen LogP contribution in [0.3, 0.4) is 0 Å². The maximum atomic E-state index is 13.0. The van der Waals surface area contributed by atoms with E-state index in [2.05, 4.69) is 10.3 Å². The van der Waals surface area contributed by atoms with Gasteiger partial charge in [0.05, 0.1) is 18.1 Å². The standard InChI is InChI=1S/C19H28N4O4S.CO2/c1-4-12-28(25,26)22-10-6-8-15(13-22)21-19(24)17-14(3)20-18-16(27-5-2)9-7-11-23(17)18;2-1-3/h7,9,11,15H,4-6,8,10,12-13H2,1-3H3,(H,21,24);/t15-;/m0./s1. The predicted molar refractivity (Wildman–Crippen MR) is 112 cm³/mol. The summed E-state index contributed by atoms with van der Waals surface area (Å²) in [6, 6.07) is 3.42. The Balaban J connectivity index is 0.00000107. The molecule has 1 fully saturated rings. The molecule has 1 atom stereocenters. The van der Waals surface area contributed by atoms with Gasteiger partial charge in [-0.15, -0.1) is 0 Å². The molecule has 3 rings (SSSR count). The number of amides is 1. The summed E-state index contributed by atoms with van der Waals surface area (Å²) in [7, 11) is -3.26. The van der Waals surface area contributed by atoms with Crippen molar-refractivity contribution in [3.05, 3.63) is 29.7 Å². The number of nitrogens with one attached hydrogen (secondary N) is 1. The Bertz CT molecular complexity index is 1040. The second-order valence-electron chi connectivity index (χ2n) is 7.11. The molecule has 0 bridgehead atoms. The number of carbonyl (C=O) groups is 1. The van der Waals surface area contributed by atoms with Gasteiger partial charge in [-0.3, -0.25) is 9.20 Å². The van der Waals surface area contributed by atoms with E-state index in [1.807, 2.05) is 26.0 Å². The van der Waals surface area contributed by atoms with Crippen LogP contribution in [0, 0.1) is 6.92 Å². The van der Waals surface area contributed by atoms with E-state index < -0.39 is 10.0 Å². The molecular formula is C20H28N4O6S. The Kier molecular flexibility index (Phi) is 8.73. The van der Waals surface area contributed by atoms with Crippen molar-refractivity contribution in [2.24, 2.45) is 0 Å². The normalized spacial score (nSPS) is 16.8. The number of piperidine rings is 1. The number of nitrogens with zero attached hydrogens (tertiary/aromatic N) is 3. The fraction of sp³-hybridized carbons (Fsp3) is 0.550. The highest BCUT2D eigenvalue weighted by molar-refractivity contribution is 7.89. The first-order chi connectivity index (χ1) is 14.8. The molecule has 1 saturated heterocycles. The summed E-state index contributed by atoms with van der Waals surface area (Å²) in [6.07, 6.45) is 4.10. The predicted octanol–water partition coefficient (Wildman–Crippen LogP) is 1.39. The van der Waals surface area contributed by atoms with Crippen molar-refractivity contribution in [3.8, 4) is 5.75 Å². The van der Waals surface area contributed by atoms with Crippen LogP contribution < -0.4 is 10.1 Å². The number of aromatic nitrogens is 2. The first-order valence-corrected chi connectivity index (χ1v) is 11.8. The molecule has 0 unspecified atom stereocenters. The van der Waals surface area contributed by atoms with Gasteiger partial charge < -0.3 is 10.1 Å². The number of imidazole rings is 1. The number of carbonyl (C=O) groups excluding carboxylic acids is 3. The minimum atomic E-state index is -3.26. The molecule has 0 spiro atoms. The summed E-state index contributed by atoms with van der Waals surface area (Å²) in [5, 5.41) is 3.00. The molecule has 3 heterocycles. The van der Waals surface area contributed by atoms with Crippen LogP contribution in [0.1, 0.15) is 49.3 Å². The molecule has 2 aromatic heterocycles. The lowest BCUT2D eigenvalue weighted by Gasteiger charge is -2.32. The van der Waals surface area contributed by atoms with Crippen molar-refractivity contribution in [2.45, 2.75) is 46.1 Å². The minimum Gasteiger partial charge on any atom is -0.490 e. The van der Waals surface area contributed by atoms with E-state index in [9.17, 15) is 13.2 Å². The summed E-state index contributed by atoms with van der Waals surface area (Å²) in [6.45, 7) is 6.88. The number of rotatable bonds is 7. The average molecular weight is 453 g/mol. The van der Waals surface area contributed by atoms with Crippen LogP contribution in [0.15, 0.2) is 18.3 Å². The van der Waals surface area contributed by atoms with Crippen LogP contribution >= 0.6 is 0 Å². The quantitative estimate of drug-likeness (QED) is 0.672. The zero-order valence-corrected chi connectivity index (χ0v) is 18.8. The van der Waals surface area contributed by atoms with Crippen molar-refractivity contribution in [2.75, 3.05) is 25.4 Å². The van der Waals surface area contributed by atoms with Crippen LogP contribution in [0.2, 0.25) is 0 Å². The van der Waals surface area contributed by atoms with Gasteiger partial charge in [0.2, 0.25) is 10.0 Å². The van der Waals surface area contributed by atoms with Gasteiger partial charge in [0.1, 0.15) is 5.69 Å². The highest BCUT2D eigenvalue weighted by Gasteiger charge is 2.30. The molecule has 0 saturated carbocycles. The molecule has 1 aliphatic heterocycles. The molecule has 1 N–H and O–H groups in total. The van der Waals surface area contributed by atoms with Gasteiger partial charge in [-0.2, -0.15) is 13.9 Å². The Morgan fingerprint density at radius 3 is 2.71 bits per heavy atom. The summed E-state index contributed by atoms with van der Waals surface area (Å²) in [5.74, 6) is 0.514. The number of hydrogen-bond acceptors (Lipinski definition) is 7. The van der Waals surface area contributed by atoms with Crippen molar-refractivity contribution in [1.29, 1.82) is 0 Å². The first-order valence-electron chi connectivity index (χ1n) is 10.2. The van der Waals surface area contributed by atoms with Crippen molar-refractivity contribution >= 4 is 27.7 Å². The van der Waals surface area contributed by atoms with Gasteiger partial charge in [0.25, 0.3) is 5.91 Å². The van der Waals surface area contributed by atoms with Gasteiger partial charge in [-0.25, -0.2) is 13.4 Å². The number of fused-ring (bicyclic) bond motifs is 1. The van der Waals surface area contributed by atoms with Crippen molar-refractivity contribution in [3.63, 3.8) is 0 Å². The largest absolute Gasteiger partial charge is 0.490 e. The molecule has 0 aliphatic carbocycles. The van der Waals surface area contributed by atoms with Gasteiger partial charge in [0, 0.05) is 25.3 Å². The van der Waals surface area contributed by atoms with Crippen LogP contribution in [0.5, 0.6) is 5.75 Å². The Labute approximate surface area is 181 Å². The third-order valence-corrected chi connectivity index (χ3v) is 6.92. The number of ether oxygens (including phenoxy) is 1. The fourth-order valence-electron chi connectivity index (χ4n) is 3.65. The average Bonchev–Trinajstić information content (AvgIpc) is 3.06. The second kappa shape index (κ2) is 11.0. The molecule has 1 amide bonds. The lowest BCUT2D eigenvalue weighted by molar-refractivity contribution is -0.191. The number of hydrogen-bond donors (Lipinski definition) is 1. The van der Waals surface area contributed by atoms with Crippen molar-refractivity contribution in [1.82, 2.24) is 19.0 Å². The zero-order chi connectivity index (χ0) is 23.0. The maximum Gasteiger partial charge on any atom is 0.373 e. The fourth-order valence-corrected chi connectivity index (χ4v) is 5.24. The molecule has 10 nitrogen and oxygen atoms in total. The SMILES string of the molecule is CCCS(=O)(=O)N1CCC[C@H](NC(=O)c2c(C)nc3c(OCC)cccn23)C1.O=C=O. The first kappa shape index (κ1) is 24.5. The van der Waals surface area contributed by atoms with E-state index in [1.165, 1.54) is 4.31 Å². The molecular weight excluding hydrogens is 424 g/mol. The molecule has 0 radical (unpaired) electrons. The van der Waals surface area contributed by atoms with Gasteiger partial charge in [0.15, 0.2) is 11.4 Å². The maximum absolute atomic E-state index is 13.0. The smallest absolute Gasteiger partial charge is 0.373 e. The molecule has 1 aliphatic rings. The third kappa shape index (κ3) is 5.90. The summed E-state index contributed by atoms with van der Waals surface area (Å²) in [5.41, 5.74) is 1.66. The molecule has 11 heteroatoms. The Morgan fingerprint density at radius 2 is 2.06 bits per heavy atom. The van der Waals surface area contributed by atoms with Crippen LogP contribution in [-0.4, -0.2) is 65.7 Å². The third-order valence-electron chi connectivity index (χ3n) is 4.88. The monoisotopic (exact) mass is 452 g/mol. The molecule has 0 aromatic carbocycles. The summed E-state index contributed by atoms with van der Waals surface area (Å²) < 4.78 is 33.5. The lowest BCUT2D eigenvalue weighted by atomic mass is 10.1. The van der Waals surface area contributed by atoms with E-state index in [0.29, 0.717) is 48.9 Å². The number of aryl methyl sites for hydroxylation is 1. The van der Waals surface area contributed by atoms with E-state index in [0.717, 1.165) is 12.8 Å². The Morgan fingerprint density at radius 1 is 1.35 bits per heavy atom. The minimum absolute atomic E-state index is 0.139. The second-order valence-corrected chi connectivity index (χ2v) is 9.20. The summed E-state index contributed by atoms with van der Waals surface area (Å²) >= 11 is 0. The number of sulfonamides is 1. The van der Waals surface area contributed by atoms with E-state index in [-0.39, 0.29) is 23.9 Å². The van der Waals surface area contributed by atoms with Crippen molar-refractivity contribution < 1.29 is 27.5 Å². The molecule has 170 valence electrons. The van der Waals surface area contributed by atoms with E-state index in [1.54, 1.807) is 17.5 Å². The zero-order valence-electron chi connectivity index (χ0n) is 18.0. The van der Waals surface area contributed by atoms with Crippen LogP contribution in [-0.2, 0) is 19.6 Å². The van der Waals surface area contributed by atoms with E-state index >= 15 is 0 Å². The summed E-state index contributed by atoms with van der Waals surface area (Å²) in [4.78, 5) is 33.7. The van der Waals surface area contributed by atoms with Gasteiger partial charge in [-0.1, -0.05) is 6.92 Å². The van der Waals surface area contributed by atoms with E-state index in [4.69, 9.17) is 14.3 Å². The lowest BCUT2D eigenvalue weighted by Crippen LogP contribution is -2.50. The highest BCUT2D eigenvalue weighted by Crippen LogP contribution is 2.22. The number of pyridine rings is 1. The topological polar surface area (TPSA) is 127 Å². The van der Waals surface area contributed by atoms with Crippen LogP contribution in [0.25, 0.3) is 5.65 Å². The Hall–Kier alpha value is -2.75.